The van der Waals surface area contributed by atoms with E-state index in [4.69, 9.17) is 0 Å². The summed E-state index contributed by atoms with van der Waals surface area (Å²) in [4.78, 5) is 2.59. The SMILES string of the molecule is Cn1c(-c2ccccc2)c(N2CCCCC2)c2ccccc21. The Morgan fingerprint density at radius 2 is 1.45 bits per heavy atom. The molecule has 22 heavy (non-hydrogen) atoms. The zero-order valence-corrected chi connectivity index (χ0v) is 13.1. The van der Waals surface area contributed by atoms with Gasteiger partial charge in [0.05, 0.1) is 16.9 Å². The van der Waals surface area contributed by atoms with Gasteiger partial charge in [-0.05, 0) is 25.3 Å². The van der Waals surface area contributed by atoms with E-state index in [0.717, 1.165) is 0 Å². The highest BCUT2D eigenvalue weighted by Gasteiger charge is 2.22. The number of nitrogens with zero attached hydrogens (tertiary/aromatic N) is 2. The first-order chi connectivity index (χ1) is 10.9. The summed E-state index contributed by atoms with van der Waals surface area (Å²) in [5.41, 5.74) is 5.40. The minimum absolute atomic E-state index is 1.17. The summed E-state index contributed by atoms with van der Waals surface area (Å²) in [5.74, 6) is 0. The lowest BCUT2D eigenvalue weighted by atomic mass is 10.1. The van der Waals surface area contributed by atoms with E-state index in [1.807, 2.05) is 0 Å². The number of anilines is 1. The number of aryl methyl sites for hydroxylation is 1. The Morgan fingerprint density at radius 3 is 2.23 bits per heavy atom. The number of aromatic nitrogens is 1. The standard InChI is InChI=1S/C20H22N2/c1-21-18-13-7-6-12-17(18)20(22-14-8-3-9-15-22)19(21)16-10-4-2-5-11-16/h2,4-7,10-13H,3,8-9,14-15H2,1H3. The predicted molar refractivity (Wildman–Crippen MR) is 94.4 cm³/mol. The molecule has 2 heterocycles. The third kappa shape index (κ3) is 2.10. The van der Waals surface area contributed by atoms with Gasteiger partial charge in [-0.2, -0.15) is 0 Å². The van der Waals surface area contributed by atoms with E-state index < -0.39 is 0 Å². The molecule has 1 aromatic heterocycles. The van der Waals surface area contributed by atoms with E-state index >= 15 is 0 Å². The summed E-state index contributed by atoms with van der Waals surface area (Å²) < 4.78 is 2.36. The average molecular weight is 290 g/mol. The highest BCUT2D eigenvalue weighted by molar-refractivity contribution is 6.02. The highest BCUT2D eigenvalue weighted by Crippen LogP contribution is 2.40. The monoisotopic (exact) mass is 290 g/mol. The molecule has 0 atom stereocenters. The lowest BCUT2D eigenvalue weighted by Gasteiger charge is -2.29. The minimum atomic E-state index is 1.17. The molecule has 2 aromatic carbocycles. The van der Waals surface area contributed by atoms with Crippen molar-refractivity contribution in [2.75, 3.05) is 18.0 Å². The first-order valence-corrected chi connectivity index (χ1v) is 8.24. The van der Waals surface area contributed by atoms with Crippen LogP contribution in [0.15, 0.2) is 54.6 Å². The maximum absolute atomic E-state index is 2.59. The van der Waals surface area contributed by atoms with Crippen LogP contribution in [-0.2, 0) is 7.05 Å². The Bertz CT molecular complexity index is 780. The Kier molecular flexibility index (Phi) is 3.38. The van der Waals surface area contributed by atoms with Crippen molar-refractivity contribution in [1.29, 1.82) is 0 Å². The number of benzene rings is 2. The van der Waals surface area contributed by atoms with Crippen LogP contribution in [0.2, 0.25) is 0 Å². The quantitative estimate of drug-likeness (QED) is 0.656. The van der Waals surface area contributed by atoms with Gasteiger partial charge in [0.2, 0.25) is 0 Å². The molecule has 0 aliphatic carbocycles. The summed E-state index contributed by atoms with van der Waals surface area (Å²) in [5, 5.41) is 1.38. The lowest BCUT2D eigenvalue weighted by Crippen LogP contribution is -2.29. The van der Waals surface area contributed by atoms with Crippen LogP contribution < -0.4 is 4.90 Å². The number of para-hydroxylation sites is 1. The van der Waals surface area contributed by atoms with Gasteiger partial charge in [0.15, 0.2) is 0 Å². The second-order valence-corrected chi connectivity index (χ2v) is 6.19. The van der Waals surface area contributed by atoms with Crippen LogP contribution >= 0.6 is 0 Å². The molecule has 1 saturated heterocycles. The van der Waals surface area contributed by atoms with Crippen LogP contribution in [0.25, 0.3) is 22.2 Å². The van der Waals surface area contributed by atoms with E-state index in [1.165, 1.54) is 60.2 Å². The highest BCUT2D eigenvalue weighted by atomic mass is 15.2. The van der Waals surface area contributed by atoms with Crippen molar-refractivity contribution in [3.05, 3.63) is 54.6 Å². The van der Waals surface area contributed by atoms with Gasteiger partial charge in [-0.3, -0.25) is 0 Å². The summed E-state index contributed by atoms with van der Waals surface area (Å²) in [7, 11) is 2.19. The van der Waals surface area contributed by atoms with E-state index in [9.17, 15) is 0 Å². The fraction of sp³-hybridized carbons (Fsp3) is 0.300. The zero-order chi connectivity index (χ0) is 14.9. The van der Waals surface area contributed by atoms with E-state index in [1.54, 1.807) is 0 Å². The molecule has 0 amide bonds. The molecule has 0 bridgehead atoms. The molecular weight excluding hydrogens is 268 g/mol. The molecule has 1 aliphatic heterocycles. The fourth-order valence-corrected chi connectivity index (χ4v) is 3.74. The van der Waals surface area contributed by atoms with Gasteiger partial charge in [-0.15, -0.1) is 0 Å². The van der Waals surface area contributed by atoms with Crippen molar-refractivity contribution < 1.29 is 0 Å². The second-order valence-electron chi connectivity index (χ2n) is 6.19. The molecule has 3 aromatic rings. The van der Waals surface area contributed by atoms with E-state index in [-0.39, 0.29) is 0 Å². The molecule has 112 valence electrons. The minimum Gasteiger partial charge on any atom is -0.369 e. The van der Waals surface area contributed by atoms with Crippen LogP contribution in [0.4, 0.5) is 5.69 Å². The first-order valence-electron chi connectivity index (χ1n) is 8.24. The molecule has 0 unspecified atom stereocenters. The van der Waals surface area contributed by atoms with Crippen molar-refractivity contribution in [3.8, 4) is 11.3 Å². The molecule has 4 rings (SSSR count). The van der Waals surface area contributed by atoms with Crippen LogP contribution in [0.1, 0.15) is 19.3 Å². The Labute approximate surface area is 132 Å². The van der Waals surface area contributed by atoms with Crippen molar-refractivity contribution in [3.63, 3.8) is 0 Å². The predicted octanol–water partition coefficient (Wildman–Crippen LogP) is 4.84. The van der Waals surface area contributed by atoms with Crippen molar-refractivity contribution in [2.24, 2.45) is 7.05 Å². The Hall–Kier alpha value is -2.22. The fourth-order valence-electron chi connectivity index (χ4n) is 3.74. The number of hydrogen-bond acceptors (Lipinski definition) is 1. The summed E-state index contributed by atoms with van der Waals surface area (Å²) >= 11 is 0. The molecule has 0 saturated carbocycles. The summed E-state index contributed by atoms with van der Waals surface area (Å²) in [6.07, 6.45) is 3.97. The van der Waals surface area contributed by atoms with Gasteiger partial charge in [-0.1, -0.05) is 48.5 Å². The average Bonchev–Trinajstić information content (AvgIpc) is 2.90. The zero-order valence-electron chi connectivity index (χ0n) is 13.1. The largest absolute Gasteiger partial charge is 0.369 e. The second kappa shape index (κ2) is 5.53. The van der Waals surface area contributed by atoms with Crippen LogP contribution in [0.3, 0.4) is 0 Å². The number of piperidine rings is 1. The lowest BCUT2D eigenvalue weighted by molar-refractivity contribution is 0.579. The number of hydrogen-bond donors (Lipinski definition) is 0. The molecule has 0 radical (unpaired) electrons. The van der Waals surface area contributed by atoms with Crippen molar-refractivity contribution >= 4 is 16.6 Å². The van der Waals surface area contributed by atoms with Gasteiger partial charge in [0, 0.05) is 31.1 Å². The first kappa shape index (κ1) is 13.4. The Morgan fingerprint density at radius 1 is 0.773 bits per heavy atom. The normalized spacial score (nSPS) is 15.4. The van der Waals surface area contributed by atoms with Crippen LogP contribution in [0.5, 0.6) is 0 Å². The summed E-state index contributed by atoms with van der Waals surface area (Å²) in [6, 6.07) is 19.6. The van der Waals surface area contributed by atoms with Gasteiger partial charge in [0.1, 0.15) is 0 Å². The van der Waals surface area contributed by atoms with Gasteiger partial charge in [-0.25, -0.2) is 0 Å². The molecule has 2 heteroatoms. The van der Waals surface area contributed by atoms with E-state index in [2.05, 4.69) is 71.1 Å². The van der Waals surface area contributed by atoms with Crippen LogP contribution in [-0.4, -0.2) is 17.7 Å². The molecule has 1 fully saturated rings. The van der Waals surface area contributed by atoms with Crippen molar-refractivity contribution in [1.82, 2.24) is 4.57 Å². The Balaban J connectivity index is 1.99. The summed E-state index contributed by atoms with van der Waals surface area (Å²) in [6.45, 7) is 2.35. The number of fused-ring (bicyclic) bond motifs is 1. The maximum atomic E-state index is 2.59. The van der Waals surface area contributed by atoms with Gasteiger partial charge in [0.25, 0.3) is 0 Å². The number of rotatable bonds is 2. The molecule has 0 spiro atoms. The maximum Gasteiger partial charge on any atom is 0.0726 e. The molecule has 0 N–H and O–H groups in total. The molecule has 2 nitrogen and oxygen atoms in total. The van der Waals surface area contributed by atoms with Crippen molar-refractivity contribution in [2.45, 2.75) is 19.3 Å². The van der Waals surface area contributed by atoms with Crippen LogP contribution in [0, 0.1) is 0 Å². The third-order valence-corrected chi connectivity index (χ3v) is 4.80. The van der Waals surface area contributed by atoms with E-state index in [0.29, 0.717) is 0 Å². The molecular formula is C20H22N2. The third-order valence-electron chi connectivity index (χ3n) is 4.80. The topological polar surface area (TPSA) is 8.17 Å². The van der Waals surface area contributed by atoms with Gasteiger partial charge >= 0.3 is 0 Å². The smallest absolute Gasteiger partial charge is 0.0726 e. The van der Waals surface area contributed by atoms with Gasteiger partial charge < -0.3 is 9.47 Å². The molecule has 1 aliphatic rings.